The maximum Gasteiger partial charge on any atom is 0.191 e. The number of aliphatic imine (C=N–C) groups is 1. The van der Waals surface area contributed by atoms with Crippen LogP contribution in [0, 0.1) is 6.92 Å². The van der Waals surface area contributed by atoms with E-state index in [1.807, 2.05) is 6.07 Å². The van der Waals surface area contributed by atoms with Crippen LogP contribution in [0.1, 0.15) is 22.3 Å². The van der Waals surface area contributed by atoms with E-state index in [-0.39, 0.29) is 0 Å². The van der Waals surface area contributed by atoms with Gasteiger partial charge in [-0.05, 0) is 29.7 Å². The molecule has 2 N–H and O–H groups in total. The van der Waals surface area contributed by atoms with Crippen molar-refractivity contribution in [2.24, 2.45) is 4.99 Å². The molecule has 0 radical (unpaired) electrons. The number of hydrogen-bond donors (Lipinski definition) is 2. The third-order valence-corrected chi connectivity index (χ3v) is 5.11. The third-order valence-electron chi connectivity index (χ3n) is 5.11. The van der Waals surface area contributed by atoms with E-state index in [0.29, 0.717) is 6.54 Å². The zero-order valence-corrected chi connectivity index (χ0v) is 17.7. The van der Waals surface area contributed by atoms with E-state index in [9.17, 15) is 0 Å². The number of nitrogens with zero attached hydrogens (tertiary/aromatic N) is 2. The zero-order valence-electron chi connectivity index (χ0n) is 17.7. The van der Waals surface area contributed by atoms with E-state index in [1.54, 1.807) is 14.2 Å². The highest BCUT2D eigenvalue weighted by atomic mass is 16.5. The summed E-state index contributed by atoms with van der Waals surface area (Å²) in [5.74, 6) is 1.66. The van der Waals surface area contributed by atoms with Crippen LogP contribution in [0.2, 0.25) is 0 Å². The van der Waals surface area contributed by atoms with Gasteiger partial charge in [-0.1, -0.05) is 36.4 Å². The smallest absolute Gasteiger partial charge is 0.191 e. The Labute approximate surface area is 173 Å². The molecule has 0 bridgehead atoms. The largest absolute Gasteiger partial charge is 0.496 e. The fourth-order valence-electron chi connectivity index (χ4n) is 3.36. The number of morpholine rings is 1. The zero-order chi connectivity index (χ0) is 20.5. The van der Waals surface area contributed by atoms with Crippen LogP contribution in [0.15, 0.2) is 47.5 Å². The number of rotatable bonds is 7. The van der Waals surface area contributed by atoms with Crippen molar-refractivity contribution in [3.63, 3.8) is 0 Å². The number of guanidine groups is 1. The van der Waals surface area contributed by atoms with Gasteiger partial charge in [0.15, 0.2) is 5.96 Å². The molecule has 0 aliphatic carbocycles. The first-order chi connectivity index (χ1) is 14.2. The van der Waals surface area contributed by atoms with E-state index in [0.717, 1.165) is 56.7 Å². The monoisotopic (exact) mass is 396 g/mol. The fraction of sp³-hybridized carbons (Fsp3) is 0.435. The molecule has 1 aliphatic rings. The second-order valence-corrected chi connectivity index (χ2v) is 7.30. The van der Waals surface area contributed by atoms with Gasteiger partial charge < -0.3 is 20.1 Å². The van der Waals surface area contributed by atoms with Crippen LogP contribution < -0.4 is 15.4 Å². The maximum absolute atomic E-state index is 5.48. The summed E-state index contributed by atoms with van der Waals surface area (Å²) in [5.41, 5.74) is 4.86. The highest BCUT2D eigenvalue weighted by molar-refractivity contribution is 5.79. The number of aryl methyl sites for hydroxylation is 1. The van der Waals surface area contributed by atoms with E-state index in [1.165, 1.54) is 16.7 Å². The standard InChI is InChI=1S/C23H32N4O2/c1-18-4-9-21(22(14-18)28-3)16-26-23(24-2)25-15-19-5-7-20(8-6-19)17-27-10-12-29-13-11-27/h4-9,14H,10-13,15-17H2,1-3H3,(H2,24,25,26). The van der Waals surface area contributed by atoms with Gasteiger partial charge in [-0.15, -0.1) is 0 Å². The lowest BCUT2D eigenvalue weighted by Crippen LogP contribution is -2.36. The van der Waals surface area contributed by atoms with Crippen LogP contribution in [0.4, 0.5) is 0 Å². The van der Waals surface area contributed by atoms with Gasteiger partial charge in [0.2, 0.25) is 0 Å². The molecule has 6 nitrogen and oxygen atoms in total. The van der Waals surface area contributed by atoms with Gasteiger partial charge in [0.05, 0.1) is 20.3 Å². The summed E-state index contributed by atoms with van der Waals surface area (Å²) in [4.78, 5) is 6.75. The van der Waals surface area contributed by atoms with Gasteiger partial charge in [-0.3, -0.25) is 9.89 Å². The molecule has 0 aromatic heterocycles. The minimum absolute atomic E-state index is 0.654. The van der Waals surface area contributed by atoms with Crippen LogP contribution in [0.25, 0.3) is 0 Å². The lowest BCUT2D eigenvalue weighted by molar-refractivity contribution is 0.0342. The van der Waals surface area contributed by atoms with Crippen molar-refractivity contribution in [1.29, 1.82) is 0 Å². The molecule has 1 fully saturated rings. The van der Waals surface area contributed by atoms with E-state index in [4.69, 9.17) is 9.47 Å². The fourth-order valence-corrected chi connectivity index (χ4v) is 3.36. The van der Waals surface area contributed by atoms with Crippen molar-refractivity contribution in [2.75, 3.05) is 40.5 Å². The highest BCUT2D eigenvalue weighted by Crippen LogP contribution is 2.19. The first-order valence-corrected chi connectivity index (χ1v) is 10.1. The molecule has 0 unspecified atom stereocenters. The van der Waals surface area contributed by atoms with Crippen molar-refractivity contribution in [2.45, 2.75) is 26.6 Å². The normalized spacial score (nSPS) is 15.2. The molecule has 2 aromatic carbocycles. The van der Waals surface area contributed by atoms with Crippen molar-refractivity contribution in [1.82, 2.24) is 15.5 Å². The summed E-state index contributed by atoms with van der Waals surface area (Å²) in [6.45, 7) is 8.12. The Morgan fingerprint density at radius 3 is 2.41 bits per heavy atom. The molecular formula is C23H32N4O2. The van der Waals surface area contributed by atoms with Gasteiger partial charge in [0.25, 0.3) is 0 Å². The molecule has 0 amide bonds. The van der Waals surface area contributed by atoms with Gasteiger partial charge in [-0.2, -0.15) is 0 Å². The summed E-state index contributed by atoms with van der Waals surface area (Å²) >= 11 is 0. The van der Waals surface area contributed by atoms with Crippen LogP contribution in [-0.4, -0.2) is 51.3 Å². The van der Waals surface area contributed by atoms with E-state index in [2.05, 4.69) is 63.8 Å². The lowest BCUT2D eigenvalue weighted by Gasteiger charge is -2.26. The van der Waals surface area contributed by atoms with Crippen molar-refractivity contribution >= 4 is 5.96 Å². The average molecular weight is 397 g/mol. The number of hydrogen-bond acceptors (Lipinski definition) is 4. The molecule has 1 heterocycles. The number of benzene rings is 2. The quantitative estimate of drug-likeness (QED) is 0.557. The Kier molecular flexibility index (Phi) is 7.90. The number of ether oxygens (including phenoxy) is 2. The first kappa shape index (κ1) is 21.1. The summed E-state index contributed by atoms with van der Waals surface area (Å²) in [7, 11) is 3.49. The SMILES string of the molecule is CN=C(NCc1ccc(CN2CCOCC2)cc1)NCc1ccc(C)cc1OC. The Morgan fingerprint density at radius 2 is 1.72 bits per heavy atom. The first-order valence-electron chi connectivity index (χ1n) is 10.1. The molecule has 0 atom stereocenters. The Hall–Kier alpha value is -2.57. The predicted octanol–water partition coefficient (Wildman–Crippen LogP) is 2.70. The van der Waals surface area contributed by atoms with E-state index < -0.39 is 0 Å². The second kappa shape index (κ2) is 10.8. The Bertz CT molecular complexity index is 799. The third kappa shape index (κ3) is 6.48. The van der Waals surface area contributed by atoms with Crippen molar-refractivity contribution < 1.29 is 9.47 Å². The van der Waals surface area contributed by atoms with Gasteiger partial charge >= 0.3 is 0 Å². The molecule has 3 rings (SSSR count). The van der Waals surface area contributed by atoms with E-state index >= 15 is 0 Å². The molecule has 1 saturated heterocycles. The summed E-state index contributed by atoms with van der Waals surface area (Å²) < 4.78 is 10.9. The molecule has 2 aromatic rings. The van der Waals surface area contributed by atoms with Gasteiger partial charge in [-0.25, -0.2) is 0 Å². The highest BCUT2D eigenvalue weighted by Gasteiger charge is 2.10. The predicted molar refractivity (Wildman–Crippen MR) is 117 cm³/mol. The summed E-state index contributed by atoms with van der Waals surface area (Å²) in [6.07, 6.45) is 0. The summed E-state index contributed by atoms with van der Waals surface area (Å²) in [5, 5.41) is 6.73. The minimum Gasteiger partial charge on any atom is -0.496 e. The molecule has 1 aliphatic heterocycles. The number of nitrogens with one attached hydrogen (secondary N) is 2. The van der Waals surface area contributed by atoms with Crippen molar-refractivity contribution in [3.05, 3.63) is 64.7 Å². The summed E-state index contributed by atoms with van der Waals surface area (Å²) in [6, 6.07) is 15.0. The molecule has 0 saturated carbocycles. The van der Waals surface area contributed by atoms with Crippen LogP contribution in [-0.2, 0) is 24.4 Å². The molecule has 29 heavy (non-hydrogen) atoms. The number of methoxy groups -OCH3 is 1. The molecular weight excluding hydrogens is 364 g/mol. The second-order valence-electron chi connectivity index (χ2n) is 7.30. The lowest BCUT2D eigenvalue weighted by atomic mass is 10.1. The molecule has 0 spiro atoms. The maximum atomic E-state index is 5.48. The Balaban J connectivity index is 1.47. The van der Waals surface area contributed by atoms with Crippen molar-refractivity contribution in [3.8, 4) is 5.75 Å². The molecule has 156 valence electrons. The van der Waals surface area contributed by atoms with Gasteiger partial charge in [0.1, 0.15) is 5.75 Å². The van der Waals surface area contributed by atoms with Gasteiger partial charge in [0, 0.05) is 45.3 Å². The van der Waals surface area contributed by atoms with Crippen LogP contribution in [0.5, 0.6) is 5.75 Å². The average Bonchev–Trinajstić information content (AvgIpc) is 2.76. The molecule has 6 heteroatoms. The van der Waals surface area contributed by atoms with Crippen LogP contribution in [0.3, 0.4) is 0 Å². The van der Waals surface area contributed by atoms with Crippen LogP contribution >= 0.6 is 0 Å². The topological polar surface area (TPSA) is 58.1 Å². The minimum atomic E-state index is 0.654. The Morgan fingerprint density at radius 1 is 1.03 bits per heavy atom.